The van der Waals surface area contributed by atoms with Crippen LogP contribution in [0.5, 0.6) is 0 Å². The molecule has 96 valence electrons. The van der Waals surface area contributed by atoms with Crippen LogP contribution in [0.2, 0.25) is 0 Å². The second kappa shape index (κ2) is 5.49. The summed E-state index contributed by atoms with van der Waals surface area (Å²) in [5.41, 5.74) is 3.54. The van der Waals surface area contributed by atoms with Gasteiger partial charge in [-0.3, -0.25) is 9.78 Å². The van der Waals surface area contributed by atoms with Gasteiger partial charge >= 0.3 is 0 Å². The second-order valence-corrected chi connectivity index (χ2v) is 4.51. The van der Waals surface area contributed by atoms with Crippen LogP contribution in [0, 0.1) is 0 Å². The third-order valence-electron chi connectivity index (χ3n) is 3.18. The Morgan fingerprint density at radius 3 is 2.05 bits per heavy atom. The first kappa shape index (κ1) is 12.3. The van der Waals surface area contributed by atoms with Gasteiger partial charge in [-0.1, -0.05) is 54.6 Å². The zero-order valence-corrected chi connectivity index (χ0v) is 10.9. The Morgan fingerprint density at radius 1 is 0.700 bits per heavy atom. The van der Waals surface area contributed by atoms with Gasteiger partial charge < -0.3 is 0 Å². The van der Waals surface area contributed by atoms with Gasteiger partial charge in [0.25, 0.3) is 0 Å². The van der Waals surface area contributed by atoms with E-state index in [-0.39, 0.29) is 5.78 Å². The molecular formula is C18H13NO. The highest BCUT2D eigenvalue weighted by Crippen LogP contribution is 2.20. The number of aromatic nitrogens is 1. The summed E-state index contributed by atoms with van der Waals surface area (Å²) in [5, 5.41) is 0. The smallest absolute Gasteiger partial charge is 0.194 e. The maximum Gasteiger partial charge on any atom is 0.194 e. The van der Waals surface area contributed by atoms with E-state index in [4.69, 9.17) is 0 Å². The highest BCUT2D eigenvalue weighted by Gasteiger charge is 2.08. The van der Waals surface area contributed by atoms with Crippen molar-refractivity contribution in [3.63, 3.8) is 0 Å². The minimum atomic E-state index is -0.00212. The van der Waals surface area contributed by atoms with Crippen LogP contribution in [0.4, 0.5) is 0 Å². The molecule has 3 aromatic rings. The fraction of sp³-hybridized carbons (Fsp3) is 0. The van der Waals surface area contributed by atoms with E-state index in [1.165, 1.54) is 0 Å². The maximum absolute atomic E-state index is 12.3. The fourth-order valence-electron chi connectivity index (χ4n) is 2.11. The van der Waals surface area contributed by atoms with Crippen molar-refractivity contribution in [2.45, 2.75) is 0 Å². The second-order valence-electron chi connectivity index (χ2n) is 4.51. The monoisotopic (exact) mass is 259 g/mol. The molecule has 2 heteroatoms. The molecule has 1 aromatic heterocycles. The lowest BCUT2D eigenvalue weighted by molar-refractivity contribution is 0.103. The number of pyridine rings is 1. The van der Waals surface area contributed by atoms with E-state index in [9.17, 15) is 4.79 Å². The molecule has 0 amide bonds. The Kier molecular flexibility index (Phi) is 3.38. The molecule has 0 radical (unpaired) electrons. The Balaban J connectivity index is 1.89. The number of hydrogen-bond acceptors (Lipinski definition) is 2. The van der Waals surface area contributed by atoms with E-state index in [2.05, 4.69) is 17.1 Å². The lowest BCUT2D eigenvalue weighted by Gasteiger charge is -2.04. The van der Waals surface area contributed by atoms with Crippen LogP contribution in [-0.4, -0.2) is 10.8 Å². The van der Waals surface area contributed by atoms with Gasteiger partial charge in [0.2, 0.25) is 0 Å². The van der Waals surface area contributed by atoms with Crippen LogP contribution < -0.4 is 0 Å². The van der Waals surface area contributed by atoms with Gasteiger partial charge in [0.1, 0.15) is 0 Å². The normalized spacial score (nSPS) is 10.2. The van der Waals surface area contributed by atoms with Crippen LogP contribution in [0.25, 0.3) is 11.1 Å². The van der Waals surface area contributed by atoms with Crippen LogP contribution in [0.3, 0.4) is 0 Å². The van der Waals surface area contributed by atoms with Gasteiger partial charge in [0.15, 0.2) is 5.78 Å². The number of ketones is 1. The number of hydrogen-bond donors (Lipinski definition) is 0. The van der Waals surface area contributed by atoms with Crippen LogP contribution in [0.1, 0.15) is 15.9 Å². The van der Waals surface area contributed by atoms with Gasteiger partial charge in [-0.2, -0.15) is 0 Å². The Morgan fingerprint density at radius 2 is 1.40 bits per heavy atom. The van der Waals surface area contributed by atoms with E-state index in [1.807, 2.05) is 42.5 Å². The Bertz CT molecular complexity index is 703. The largest absolute Gasteiger partial charge is 0.289 e. The Labute approximate surface area is 117 Å². The number of nitrogens with zero attached hydrogens (tertiary/aromatic N) is 1. The van der Waals surface area contributed by atoms with Crippen LogP contribution in [-0.2, 0) is 0 Å². The van der Waals surface area contributed by atoms with Gasteiger partial charge in [-0.15, -0.1) is 0 Å². The predicted octanol–water partition coefficient (Wildman–Crippen LogP) is 3.98. The summed E-state index contributed by atoms with van der Waals surface area (Å²) in [5.74, 6) is -0.00212. The molecule has 0 bridgehead atoms. The number of carbonyl (C=O) groups is 1. The van der Waals surface area contributed by atoms with E-state index in [0.29, 0.717) is 11.1 Å². The summed E-state index contributed by atoms with van der Waals surface area (Å²) < 4.78 is 0. The van der Waals surface area contributed by atoms with Crippen molar-refractivity contribution < 1.29 is 4.79 Å². The summed E-state index contributed by atoms with van der Waals surface area (Å²) in [6, 6.07) is 21.3. The minimum absolute atomic E-state index is 0.00212. The molecule has 0 unspecified atom stereocenters. The first-order chi connectivity index (χ1) is 9.84. The highest BCUT2D eigenvalue weighted by atomic mass is 16.1. The van der Waals surface area contributed by atoms with Crippen molar-refractivity contribution in [1.82, 2.24) is 4.98 Å². The van der Waals surface area contributed by atoms with Gasteiger partial charge in [0, 0.05) is 23.5 Å². The molecule has 1 heterocycles. The number of rotatable bonds is 3. The van der Waals surface area contributed by atoms with Crippen molar-refractivity contribution in [2.24, 2.45) is 0 Å². The average Bonchev–Trinajstić information content (AvgIpc) is 2.56. The molecule has 0 saturated heterocycles. The molecule has 0 aliphatic heterocycles. The van der Waals surface area contributed by atoms with Crippen molar-refractivity contribution in [3.05, 3.63) is 90.3 Å². The molecule has 20 heavy (non-hydrogen) atoms. The predicted molar refractivity (Wildman–Crippen MR) is 79.5 cm³/mol. The van der Waals surface area contributed by atoms with Gasteiger partial charge in [-0.25, -0.2) is 0 Å². The summed E-state index contributed by atoms with van der Waals surface area (Å²) in [4.78, 5) is 16.2. The molecule has 0 aliphatic rings. The van der Waals surface area contributed by atoms with Crippen molar-refractivity contribution in [3.8, 4) is 11.1 Å². The summed E-state index contributed by atoms with van der Waals surface area (Å²) in [7, 11) is 0. The third kappa shape index (κ3) is 2.50. The molecule has 3 rings (SSSR count). The molecule has 2 nitrogen and oxygen atoms in total. The minimum Gasteiger partial charge on any atom is -0.289 e. The first-order valence-electron chi connectivity index (χ1n) is 6.45. The molecule has 0 fully saturated rings. The lowest BCUT2D eigenvalue weighted by atomic mass is 10.0. The maximum atomic E-state index is 12.3. The zero-order valence-electron chi connectivity index (χ0n) is 10.9. The van der Waals surface area contributed by atoms with Crippen molar-refractivity contribution in [2.75, 3.05) is 0 Å². The molecule has 2 aromatic carbocycles. The Hall–Kier alpha value is -2.74. The molecule has 0 spiro atoms. The van der Waals surface area contributed by atoms with Gasteiger partial charge in [0.05, 0.1) is 0 Å². The van der Waals surface area contributed by atoms with Crippen LogP contribution in [0.15, 0.2) is 79.1 Å². The molecular weight excluding hydrogens is 246 g/mol. The average molecular weight is 259 g/mol. The van der Waals surface area contributed by atoms with Gasteiger partial charge in [-0.05, 0) is 23.3 Å². The molecule has 0 N–H and O–H groups in total. The summed E-state index contributed by atoms with van der Waals surface area (Å²) >= 11 is 0. The topological polar surface area (TPSA) is 30.0 Å². The highest BCUT2D eigenvalue weighted by molar-refractivity contribution is 6.08. The fourth-order valence-corrected chi connectivity index (χ4v) is 2.11. The molecule has 0 aliphatic carbocycles. The number of carbonyl (C=O) groups excluding carboxylic acids is 1. The van der Waals surface area contributed by atoms with E-state index < -0.39 is 0 Å². The van der Waals surface area contributed by atoms with E-state index in [0.717, 1.165) is 11.1 Å². The van der Waals surface area contributed by atoms with E-state index in [1.54, 1.807) is 24.5 Å². The van der Waals surface area contributed by atoms with E-state index >= 15 is 0 Å². The third-order valence-corrected chi connectivity index (χ3v) is 3.18. The lowest BCUT2D eigenvalue weighted by Crippen LogP contribution is -2.01. The van der Waals surface area contributed by atoms with Crippen molar-refractivity contribution in [1.29, 1.82) is 0 Å². The molecule has 0 atom stereocenters. The standard InChI is InChI=1S/C18H13NO/c20-18(17-7-4-12-19-13-17)16-10-8-15(9-11-16)14-5-2-1-3-6-14/h1-13H. The summed E-state index contributed by atoms with van der Waals surface area (Å²) in [6.45, 7) is 0. The number of benzene rings is 2. The quantitative estimate of drug-likeness (QED) is 0.666. The SMILES string of the molecule is O=C(c1ccc(-c2ccccc2)cc1)c1cccnc1. The first-order valence-corrected chi connectivity index (χ1v) is 6.45. The molecule has 0 saturated carbocycles. The van der Waals surface area contributed by atoms with Crippen LogP contribution >= 0.6 is 0 Å². The van der Waals surface area contributed by atoms with Crippen molar-refractivity contribution >= 4 is 5.78 Å². The summed E-state index contributed by atoms with van der Waals surface area (Å²) in [6.07, 6.45) is 3.25. The zero-order chi connectivity index (χ0) is 13.8.